The Morgan fingerprint density at radius 2 is 1.74 bits per heavy atom. The van der Waals surface area contributed by atoms with Gasteiger partial charge in [0.25, 0.3) is 0 Å². The van der Waals surface area contributed by atoms with E-state index in [1.807, 2.05) is 18.2 Å². The molecule has 0 spiro atoms. The van der Waals surface area contributed by atoms with Crippen LogP contribution in [0.15, 0.2) is 36.4 Å². The van der Waals surface area contributed by atoms with E-state index in [-0.39, 0.29) is 24.4 Å². The second-order valence-corrected chi connectivity index (χ2v) is 8.59. The number of piperidine rings is 1. The van der Waals surface area contributed by atoms with E-state index in [4.69, 9.17) is 0 Å². The molecule has 0 aliphatic carbocycles. The number of carbonyl (C=O) groups is 1. The number of nitrogens with zero attached hydrogens (tertiary/aromatic N) is 3. The zero-order chi connectivity index (χ0) is 21.1. The Hall–Kier alpha value is -2.29. The number of nitrogens with one attached hydrogen (secondary N) is 1. The normalized spacial score (nSPS) is 22.3. The van der Waals surface area contributed by atoms with Gasteiger partial charge in [0.15, 0.2) is 0 Å². The first-order chi connectivity index (χ1) is 14.6. The number of hydrogen-bond acceptors (Lipinski definition) is 4. The molecule has 1 amide bonds. The molecule has 5 nitrogen and oxygen atoms in total. The van der Waals surface area contributed by atoms with E-state index in [0.717, 1.165) is 48.8 Å². The summed E-state index contributed by atoms with van der Waals surface area (Å²) in [6.07, 6.45) is 4.93. The number of halogens is 1. The van der Waals surface area contributed by atoms with Crippen molar-refractivity contribution < 1.29 is 4.79 Å². The number of rotatable bonds is 7. The van der Waals surface area contributed by atoms with Crippen LogP contribution in [0.2, 0.25) is 0 Å². The molecule has 2 aliphatic heterocycles. The molecule has 2 bridgehead atoms. The zero-order valence-electron chi connectivity index (χ0n) is 18.5. The Morgan fingerprint density at radius 1 is 1.10 bits per heavy atom. The van der Waals surface area contributed by atoms with Crippen molar-refractivity contribution in [3.05, 3.63) is 42.0 Å². The molecular formula is C25H33ClN4O. The number of hydrogen-bond donors (Lipinski definition) is 1. The fourth-order valence-electron chi connectivity index (χ4n) is 5.39. The summed E-state index contributed by atoms with van der Waals surface area (Å²) < 4.78 is 0. The van der Waals surface area contributed by atoms with Crippen molar-refractivity contribution in [1.29, 1.82) is 5.26 Å². The highest BCUT2D eigenvalue weighted by Crippen LogP contribution is 2.42. The SMILES string of the molecule is CCN(CC)CCC(=O)NC1CC2CCC(C1)N2c1ccc(C#N)c2ccccc12.Cl. The Bertz CT molecular complexity index is 938. The van der Waals surface area contributed by atoms with Gasteiger partial charge in [0, 0.05) is 47.6 Å². The quantitative estimate of drug-likeness (QED) is 0.689. The Morgan fingerprint density at radius 3 is 2.35 bits per heavy atom. The van der Waals surface area contributed by atoms with Gasteiger partial charge in [-0.3, -0.25) is 4.79 Å². The molecule has 2 aliphatic rings. The van der Waals surface area contributed by atoms with Crippen molar-refractivity contribution in [2.24, 2.45) is 0 Å². The molecule has 2 saturated heterocycles. The number of anilines is 1. The zero-order valence-corrected chi connectivity index (χ0v) is 19.3. The maximum absolute atomic E-state index is 12.5. The third kappa shape index (κ3) is 4.81. The third-order valence-electron chi connectivity index (χ3n) is 6.95. The molecule has 2 atom stereocenters. The lowest BCUT2D eigenvalue weighted by molar-refractivity contribution is -0.122. The third-order valence-corrected chi connectivity index (χ3v) is 6.95. The minimum atomic E-state index is 0. The Labute approximate surface area is 191 Å². The second-order valence-electron chi connectivity index (χ2n) is 8.59. The van der Waals surface area contributed by atoms with Crippen molar-refractivity contribution in [2.45, 2.75) is 64.1 Å². The minimum absolute atomic E-state index is 0. The van der Waals surface area contributed by atoms with Gasteiger partial charge in [0.2, 0.25) is 5.91 Å². The highest BCUT2D eigenvalue weighted by Gasteiger charge is 2.41. The van der Waals surface area contributed by atoms with E-state index in [1.165, 1.54) is 18.5 Å². The molecule has 0 radical (unpaired) electrons. The molecule has 2 aromatic rings. The van der Waals surface area contributed by atoms with Gasteiger partial charge in [-0.1, -0.05) is 38.1 Å². The Kier molecular flexibility index (Phi) is 7.80. The van der Waals surface area contributed by atoms with Crippen LogP contribution in [0.25, 0.3) is 10.8 Å². The Balaban J connectivity index is 0.00000272. The molecule has 1 N–H and O–H groups in total. The molecule has 4 rings (SSSR count). The standard InChI is InChI=1S/C25H32N4O.ClH/c1-3-28(4-2)14-13-25(30)27-19-15-20-10-11-21(16-19)29(20)24-12-9-18(17-26)22-7-5-6-8-23(22)24;/h5-9,12,19-21H,3-4,10-11,13-16H2,1-2H3,(H,27,30);1H. The predicted molar refractivity (Wildman–Crippen MR) is 129 cm³/mol. The molecule has 2 aromatic carbocycles. The predicted octanol–water partition coefficient (Wildman–Crippen LogP) is 4.48. The molecule has 2 heterocycles. The smallest absolute Gasteiger partial charge is 0.221 e. The minimum Gasteiger partial charge on any atom is -0.365 e. The number of amides is 1. The van der Waals surface area contributed by atoms with Crippen LogP contribution in [0.3, 0.4) is 0 Å². The van der Waals surface area contributed by atoms with E-state index in [0.29, 0.717) is 18.5 Å². The van der Waals surface area contributed by atoms with Crippen LogP contribution in [0, 0.1) is 11.3 Å². The van der Waals surface area contributed by atoms with Crippen LogP contribution in [-0.2, 0) is 4.79 Å². The first kappa shape index (κ1) is 23.4. The topological polar surface area (TPSA) is 59.4 Å². The van der Waals surface area contributed by atoms with Crippen LogP contribution in [-0.4, -0.2) is 48.6 Å². The summed E-state index contributed by atoms with van der Waals surface area (Å²) in [4.78, 5) is 17.4. The van der Waals surface area contributed by atoms with E-state index >= 15 is 0 Å². The van der Waals surface area contributed by atoms with Crippen LogP contribution in [0.1, 0.15) is 51.5 Å². The summed E-state index contributed by atoms with van der Waals surface area (Å²) in [6.45, 7) is 7.10. The summed E-state index contributed by atoms with van der Waals surface area (Å²) in [5.41, 5.74) is 1.97. The van der Waals surface area contributed by atoms with Crippen LogP contribution in [0.4, 0.5) is 5.69 Å². The molecule has 2 fully saturated rings. The van der Waals surface area contributed by atoms with Gasteiger partial charge in [-0.15, -0.1) is 12.4 Å². The highest BCUT2D eigenvalue weighted by atomic mass is 35.5. The highest BCUT2D eigenvalue weighted by molar-refractivity contribution is 5.98. The average molecular weight is 441 g/mol. The lowest BCUT2D eigenvalue weighted by Gasteiger charge is -2.41. The van der Waals surface area contributed by atoms with Gasteiger partial charge in [-0.05, 0) is 50.9 Å². The van der Waals surface area contributed by atoms with E-state index < -0.39 is 0 Å². The molecule has 0 aromatic heterocycles. The van der Waals surface area contributed by atoms with Crippen molar-refractivity contribution in [2.75, 3.05) is 24.5 Å². The lowest BCUT2D eigenvalue weighted by Crippen LogP contribution is -2.50. The molecule has 31 heavy (non-hydrogen) atoms. The molecule has 2 unspecified atom stereocenters. The van der Waals surface area contributed by atoms with Crippen LogP contribution < -0.4 is 10.2 Å². The summed E-state index contributed by atoms with van der Waals surface area (Å²) in [5.74, 6) is 0.184. The van der Waals surface area contributed by atoms with Gasteiger partial charge in [-0.25, -0.2) is 0 Å². The summed E-state index contributed by atoms with van der Waals surface area (Å²) >= 11 is 0. The van der Waals surface area contributed by atoms with Gasteiger partial charge in [0.1, 0.15) is 0 Å². The molecular weight excluding hydrogens is 408 g/mol. The van der Waals surface area contributed by atoms with Crippen molar-refractivity contribution >= 4 is 34.8 Å². The first-order valence-corrected chi connectivity index (χ1v) is 11.4. The van der Waals surface area contributed by atoms with Crippen LogP contribution in [0.5, 0.6) is 0 Å². The van der Waals surface area contributed by atoms with Crippen molar-refractivity contribution in [1.82, 2.24) is 10.2 Å². The van der Waals surface area contributed by atoms with Gasteiger partial charge < -0.3 is 15.1 Å². The number of nitriles is 1. The van der Waals surface area contributed by atoms with Crippen molar-refractivity contribution in [3.8, 4) is 6.07 Å². The number of fused-ring (bicyclic) bond motifs is 3. The lowest BCUT2D eigenvalue weighted by atomic mass is 9.94. The van der Waals surface area contributed by atoms with Gasteiger partial charge >= 0.3 is 0 Å². The number of carbonyl (C=O) groups excluding carboxylic acids is 1. The summed E-state index contributed by atoms with van der Waals surface area (Å²) in [7, 11) is 0. The first-order valence-electron chi connectivity index (χ1n) is 11.4. The van der Waals surface area contributed by atoms with E-state index in [9.17, 15) is 10.1 Å². The largest absolute Gasteiger partial charge is 0.365 e. The molecule has 6 heteroatoms. The fourth-order valence-corrected chi connectivity index (χ4v) is 5.39. The maximum Gasteiger partial charge on any atom is 0.221 e. The van der Waals surface area contributed by atoms with Crippen LogP contribution >= 0.6 is 12.4 Å². The summed E-state index contributed by atoms with van der Waals surface area (Å²) in [6, 6.07) is 15.8. The van der Waals surface area contributed by atoms with E-state index in [2.05, 4.69) is 53.2 Å². The second kappa shape index (κ2) is 10.3. The van der Waals surface area contributed by atoms with Gasteiger partial charge in [0.05, 0.1) is 11.6 Å². The average Bonchev–Trinajstić information content (AvgIpc) is 3.03. The molecule has 166 valence electrons. The molecule has 0 saturated carbocycles. The summed E-state index contributed by atoms with van der Waals surface area (Å²) in [5, 5.41) is 15.0. The fraction of sp³-hybridized carbons (Fsp3) is 0.520. The monoisotopic (exact) mass is 440 g/mol. The maximum atomic E-state index is 12.5. The van der Waals surface area contributed by atoms with E-state index in [1.54, 1.807) is 0 Å². The van der Waals surface area contributed by atoms with Crippen molar-refractivity contribution in [3.63, 3.8) is 0 Å². The number of benzene rings is 2. The van der Waals surface area contributed by atoms with Gasteiger partial charge in [-0.2, -0.15) is 5.26 Å².